The van der Waals surface area contributed by atoms with Crippen LogP contribution in [0.5, 0.6) is 0 Å². The molecule has 5 rings (SSSR count). The zero-order valence-electron chi connectivity index (χ0n) is 16.5. The first-order valence-electron chi connectivity index (χ1n) is 10.3. The van der Waals surface area contributed by atoms with Crippen LogP contribution in [0.25, 0.3) is 16.3 Å². The third-order valence-corrected chi connectivity index (χ3v) is 8.59. The highest BCUT2D eigenvalue weighted by molar-refractivity contribution is 9.10. The monoisotopic (exact) mass is 482 g/mol. The molecule has 3 aromatic carbocycles. The van der Waals surface area contributed by atoms with E-state index in [0.29, 0.717) is 17.5 Å². The molecule has 2 aliphatic heterocycles. The topological polar surface area (TPSA) is 49.4 Å². The normalized spacial score (nSPS) is 19.8. The lowest BCUT2D eigenvalue weighted by atomic mass is 9.93. The van der Waals surface area contributed by atoms with Crippen molar-refractivity contribution in [3.05, 3.63) is 76.8 Å². The fourth-order valence-corrected chi connectivity index (χ4v) is 6.78. The van der Waals surface area contributed by atoms with Crippen molar-refractivity contribution in [2.45, 2.75) is 30.2 Å². The van der Waals surface area contributed by atoms with Gasteiger partial charge in [0.1, 0.15) is 0 Å². The van der Waals surface area contributed by atoms with Crippen LogP contribution in [0.4, 0.5) is 5.69 Å². The van der Waals surface area contributed by atoms with E-state index in [0.717, 1.165) is 46.7 Å². The minimum absolute atomic E-state index is 0.364. The summed E-state index contributed by atoms with van der Waals surface area (Å²) in [5, 5.41) is 5.34. The first kappa shape index (κ1) is 19.8. The molecule has 1 unspecified atom stereocenters. The first-order valence-corrected chi connectivity index (χ1v) is 12.5. The predicted octanol–water partition coefficient (Wildman–Crippen LogP) is 5.34. The minimum atomic E-state index is -3.49. The van der Waals surface area contributed by atoms with Crippen LogP contribution in [0.1, 0.15) is 24.8 Å². The van der Waals surface area contributed by atoms with E-state index in [1.54, 1.807) is 10.4 Å². The maximum Gasteiger partial charge on any atom is 0.265 e. The van der Waals surface area contributed by atoms with Gasteiger partial charge in [-0.3, -0.25) is 4.31 Å². The Morgan fingerprint density at radius 1 is 1.03 bits per heavy atom. The number of nitrogens with one attached hydrogen (secondary N) is 1. The standard InChI is InChI=1S/C24H23BrN2O2S/c25-21-11-12-22-24-20(21)9-4-10-23(24)30(28,29)27(22)15-5-8-19-16-18(13-14-26-19)17-6-2-1-3-7-17/h1-4,6-7,9-13,19,26H,5,8,14-16H2. The van der Waals surface area contributed by atoms with Gasteiger partial charge < -0.3 is 5.32 Å². The zero-order valence-corrected chi connectivity index (χ0v) is 18.9. The molecule has 0 fully saturated rings. The maximum atomic E-state index is 13.2. The molecule has 1 atom stereocenters. The van der Waals surface area contributed by atoms with Gasteiger partial charge in [0.05, 0.1) is 10.6 Å². The van der Waals surface area contributed by atoms with Crippen LogP contribution in [-0.2, 0) is 10.0 Å². The van der Waals surface area contributed by atoms with Crippen molar-refractivity contribution in [3.8, 4) is 0 Å². The van der Waals surface area contributed by atoms with E-state index < -0.39 is 10.0 Å². The number of hydrogen-bond acceptors (Lipinski definition) is 3. The SMILES string of the molecule is O=S1(=O)c2cccc3c(Br)ccc(c23)N1CCCC1CC(c2ccccc2)=CCN1. The molecule has 0 amide bonds. The fourth-order valence-electron chi connectivity index (χ4n) is 4.57. The number of benzene rings is 3. The molecule has 0 bridgehead atoms. The van der Waals surface area contributed by atoms with E-state index in [1.807, 2.05) is 30.3 Å². The lowest BCUT2D eigenvalue weighted by Gasteiger charge is -2.26. The van der Waals surface area contributed by atoms with Gasteiger partial charge in [-0.1, -0.05) is 64.5 Å². The average molecular weight is 483 g/mol. The van der Waals surface area contributed by atoms with Gasteiger partial charge in [0.15, 0.2) is 0 Å². The summed E-state index contributed by atoms with van der Waals surface area (Å²) in [6.45, 7) is 1.35. The van der Waals surface area contributed by atoms with Crippen LogP contribution in [-0.4, -0.2) is 27.5 Å². The Hall–Kier alpha value is -2.15. The van der Waals surface area contributed by atoms with E-state index in [-0.39, 0.29) is 0 Å². The van der Waals surface area contributed by atoms with Crippen LogP contribution in [0.15, 0.2) is 76.1 Å². The summed E-state index contributed by atoms with van der Waals surface area (Å²) in [5.74, 6) is 0. The number of sulfonamides is 1. The van der Waals surface area contributed by atoms with Crippen LogP contribution < -0.4 is 9.62 Å². The van der Waals surface area contributed by atoms with Crippen molar-refractivity contribution in [1.29, 1.82) is 0 Å². The summed E-state index contributed by atoms with van der Waals surface area (Å²) in [7, 11) is -3.49. The second-order valence-corrected chi connectivity index (χ2v) is 10.6. The van der Waals surface area contributed by atoms with Gasteiger partial charge >= 0.3 is 0 Å². The molecule has 4 nitrogen and oxygen atoms in total. The molecular formula is C24H23BrN2O2S. The summed E-state index contributed by atoms with van der Waals surface area (Å²) in [6.07, 6.45) is 4.97. The second-order valence-electron chi connectivity index (χ2n) is 7.87. The van der Waals surface area contributed by atoms with Crippen molar-refractivity contribution >= 4 is 48.0 Å². The highest BCUT2D eigenvalue weighted by Gasteiger charge is 2.35. The largest absolute Gasteiger partial charge is 0.310 e. The van der Waals surface area contributed by atoms with E-state index in [2.05, 4.69) is 51.6 Å². The molecule has 2 aliphatic rings. The predicted molar refractivity (Wildman–Crippen MR) is 126 cm³/mol. The molecule has 0 spiro atoms. The molecular weight excluding hydrogens is 460 g/mol. The molecule has 0 radical (unpaired) electrons. The second kappa shape index (κ2) is 7.84. The van der Waals surface area contributed by atoms with E-state index in [9.17, 15) is 8.42 Å². The van der Waals surface area contributed by atoms with Gasteiger partial charge in [0.25, 0.3) is 10.0 Å². The molecule has 0 saturated carbocycles. The molecule has 0 aliphatic carbocycles. The summed E-state index contributed by atoms with van der Waals surface area (Å²) in [5.41, 5.74) is 3.44. The maximum absolute atomic E-state index is 13.2. The number of rotatable bonds is 5. The molecule has 6 heteroatoms. The van der Waals surface area contributed by atoms with E-state index in [4.69, 9.17) is 0 Å². The number of hydrogen-bond donors (Lipinski definition) is 1. The van der Waals surface area contributed by atoms with Crippen LogP contribution in [0, 0.1) is 0 Å². The minimum Gasteiger partial charge on any atom is -0.310 e. The van der Waals surface area contributed by atoms with Crippen LogP contribution in [0.3, 0.4) is 0 Å². The Labute approximate surface area is 185 Å². The Balaban J connectivity index is 1.30. The van der Waals surface area contributed by atoms with Gasteiger partial charge in [-0.05, 0) is 54.0 Å². The third-order valence-electron chi connectivity index (χ3n) is 6.04. The van der Waals surface area contributed by atoms with Crippen molar-refractivity contribution in [2.75, 3.05) is 17.4 Å². The molecule has 3 aromatic rings. The van der Waals surface area contributed by atoms with Gasteiger partial charge in [0.2, 0.25) is 0 Å². The summed E-state index contributed by atoms with van der Waals surface area (Å²) >= 11 is 3.55. The van der Waals surface area contributed by atoms with Crippen LogP contribution >= 0.6 is 15.9 Å². The Kier molecular flexibility index (Phi) is 5.17. The highest BCUT2D eigenvalue weighted by atomic mass is 79.9. The average Bonchev–Trinajstić information content (AvgIpc) is 2.99. The van der Waals surface area contributed by atoms with Gasteiger partial charge in [-0.15, -0.1) is 0 Å². The van der Waals surface area contributed by atoms with Gasteiger partial charge in [0, 0.05) is 29.0 Å². The quantitative estimate of drug-likeness (QED) is 0.533. The Morgan fingerprint density at radius 3 is 2.70 bits per heavy atom. The fraction of sp³-hybridized carbons (Fsp3) is 0.250. The Morgan fingerprint density at radius 2 is 1.87 bits per heavy atom. The number of nitrogens with zero attached hydrogens (tertiary/aromatic N) is 1. The third kappa shape index (κ3) is 3.37. The van der Waals surface area contributed by atoms with Crippen LogP contribution in [0.2, 0.25) is 0 Å². The molecule has 0 aromatic heterocycles. The number of anilines is 1. The molecule has 30 heavy (non-hydrogen) atoms. The van der Waals surface area contributed by atoms with Gasteiger partial charge in [-0.2, -0.15) is 0 Å². The highest BCUT2D eigenvalue weighted by Crippen LogP contribution is 2.44. The lowest BCUT2D eigenvalue weighted by molar-refractivity contribution is 0.487. The van der Waals surface area contributed by atoms with E-state index in [1.165, 1.54) is 11.1 Å². The smallest absolute Gasteiger partial charge is 0.265 e. The van der Waals surface area contributed by atoms with Crippen molar-refractivity contribution in [2.24, 2.45) is 0 Å². The summed E-state index contributed by atoms with van der Waals surface area (Å²) in [4.78, 5) is 0.418. The molecule has 154 valence electrons. The van der Waals surface area contributed by atoms with E-state index >= 15 is 0 Å². The van der Waals surface area contributed by atoms with Crippen molar-refractivity contribution in [1.82, 2.24) is 5.32 Å². The molecule has 0 saturated heterocycles. The summed E-state index contributed by atoms with van der Waals surface area (Å²) < 4.78 is 28.9. The van der Waals surface area contributed by atoms with Gasteiger partial charge in [-0.25, -0.2) is 8.42 Å². The van der Waals surface area contributed by atoms with Crippen molar-refractivity contribution < 1.29 is 8.42 Å². The van der Waals surface area contributed by atoms with Crippen molar-refractivity contribution in [3.63, 3.8) is 0 Å². The first-order chi connectivity index (χ1) is 14.6. The lowest BCUT2D eigenvalue weighted by Crippen LogP contribution is -2.34. The zero-order chi connectivity index (χ0) is 20.7. The number of halogens is 1. The Bertz CT molecular complexity index is 1240. The summed E-state index contributed by atoms with van der Waals surface area (Å²) in [6, 6.07) is 20.2. The molecule has 2 heterocycles. The molecule has 1 N–H and O–H groups in total.